The average molecular weight is 911 g/mol. The Hall–Kier alpha value is -5.08. The number of benzene rings is 1. The van der Waals surface area contributed by atoms with Crippen molar-refractivity contribution in [2.75, 3.05) is 20.6 Å². The number of carbonyl (C=O) groups excluding carboxylic acids is 6. The zero-order chi connectivity index (χ0) is 50.2. The van der Waals surface area contributed by atoms with Gasteiger partial charge in [0.15, 0.2) is 0 Å². The van der Waals surface area contributed by atoms with Gasteiger partial charge in [-0.1, -0.05) is 72.7 Å². The van der Waals surface area contributed by atoms with Crippen LogP contribution >= 0.6 is 0 Å². The summed E-state index contributed by atoms with van der Waals surface area (Å²) < 4.78 is 18.7. The van der Waals surface area contributed by atoms with E-state index >= 15 is 0 Å². The van der Waals surface area contributed by atoms with Crippen LogP contribution in [0.5, 0.6) is 0 Å². The van der Waals surface area contributed by atoms with Crippen LogP contribution in [0.4, 0.5) is 9.59 Å². The summed E-state index contributed by atoms with van der Waals surface area (Å²) in [6.45, 7) is 31.0. The molecule has 1 heterocycles. The zero-order valence-electron chi connectivity index (χ0n) is 43.2. The predicted molar refractivity (Wildman–Crippen MR) is 256 cm³/mol. The molecule has 5 amide bonds. The lowest BCUT2D eigenvalue weighted by molar-refractivity contribution is -0.158. The van der Waals surface area contributed by atoms with Crippen molar-refractivity contribution >= 4 is 46.8 Å². The molecule has 4 atom stereocenters. The number of ether oxygens (including phenoxy) is 3. The summed E-state index contributed by atoms with van der Waals surface area (Å²) in [7, 11) is 5.11. The number of alkyl carbamates (subject to hydrolysis) is 1. The molecule has 15 heteroatoms. The molecule has 0 saturated carbocycles. The normalized spacial score (nSPS) is 14.8. The standard InChI is InChI=1S/C50H82N6O9/c1-31(2)37(29-32(3)40(57)52-35(43(60)63-47(7,8)9)26-23-24-28-51-44(61)64-48(10,11)12)55(19)42(59)38(46(4,5)6)53-41(58)39(56(20)45(62)65-49(13,14)15)50(16,17)34-30-54(18)36-27-22-21-25-33(34)36/h21-22,25,27,29-31,35,37-39H,23-24,26,28H2,1-20H3,(H,51,61)(H,52,57)(H,53,58)/b32-29+/t35-,37+,38+,39+/m0/s1. The van der Waals surface area contributed by atoms with Crippen LogP contribution in [0, 0.1) is 11.3 Å². The highest BCUT2D eigenvalue weighted by Crippen LogP contribution is 2.37. The van der Waals surface area contributed by atoms with Gasteiger partial charge in [-0.05, 0) is 111 Å². The second kappa shape index (κ2) is 21.9. The molecule has 2 rings (SSSR count). The fourth-order valence-electron chi connectivity index (χ4n) is 7.61. The van der Waals surface area contributed by atoms with Crippen LogP contribution in [0.25, 0.3) is 10.9 Å². The summed E-state index contributed by atoms with van der Waals surface area (Å²) in [5.41, 5.74) is -2.00. The summed E-state index contributed by atoms with van der Waals surface area (Å²) in [5, 5.41) is 9.55. The highest BCUT2D eigenvalue weighted by molar-refractivity contribution is 5.97. The number of hydrogen-bond acceptors (Lipinski definition) is 9. The predicted octanol–water partition coefficient (Wildman–Crippen LogP) is 8.17. The third-order valence-electron chi connectivity index (χ3n) is 10.8. The van der Waals surface area contributed by atoms with E-state index < -0.39 is 87.7 Å². The molecule has 0 saturated heterocycles. The van der Waals surface area contributed by atoms with Crippen LogP contribution in [0.3, 0.4) is 0 Å². The van der Waals surface area contributed by atoms with Crippen molar-refractivity contribution in [1.82, 2.24) is 30.3 Å². The van der Waals surface area contributed by atoms with E-state index in [9.17, 15) is 28.8 Å². The Labute approximate surface area is 389 Å². The molecule has 1 aromatic heterocycles. The smallest absolute Gasteiger partial charge is 0.410 e. The summed E-state index contributed by atoms with van der Waals surface area (Å²) >= 11 is 0. The van der Waals surface area contributed by atoms with Crippen LogP contribution in [-0.4, -0.2) is 112 Å². The Morgan fingerprint density at radius 2 is 1.31 bits per heavy atom. The minimum Gasteiger partial charge on any atom is -0.458 e. The molecule has 1 aromatic carbocycles. The fourth-order valence-corrected chi connectivity index (χ4v) is 7.61. The highest BCUT2D eigenvalue weighted by atomic mass is 16.6. The molecule has 15 nitrogen and oxygen atoms in total. The van der Waals surface area contributed by atoms with Crippen LogP contribution in [0.2, 0.25) is 0 Å². The number of nitrogens with one attached hydrogen (secondary N) is 3. The van der Waals surface area contributed by atoms with Gasteiger partial charge in [-0.3, -0.25) is 19.3 Å². The lowest BCUT2D eigenvalue weighted by Gasteiger charge is -2.42. The van der Waals surface area contributed by atoms with E-state index in [-0.39, 0.29) is 17.9 Å². The molecule has 0 unspecified atom stereocenters. The molecule has 0 aliphatic carbocycles. The molecule has 0 fully saturated rings. The van der Waals surface area contributed by atoms with Crippen molar-refractivity contribution in [3.63, 3.8) is 0 Å². The average Bonchev–Trinajstić information content (AvgIpc) is 3.48. The fraction of sp³-hybridized carbons (Fsp3) is 0.680. The van der Waals surface area contributed by atoms with Gasteiger partial charge in [0.25, 0.3) is 0 Å². The van der Waals surface area contributed by atoms with E-state index in [0.29, 0.717) is 19.4 Å². The number of aryl methyl sites for hydroxylation is 1. The molecule has 0 radical (unpaired) electrons. The van der Waals surface area contributed by atoms with Crippen molar-refractivity contribution < 1.29 is 43.0 Å². The van der Waals surface area contributed by atoms with Gasteiger partial charge in [-0.15, -0.1) is 0 Å². The number of fused-ring (bicyclic) bond motifs is 1. The topological polar surface area (TPSA) is 178 Å². The number of rotatable bonds is 17. The molecule has 3 N–H and O–H groups in total. The maximum absolute atomic E-state index is 14.9. The SMILES string of the molecule is C/C(=C\[C@H](C(C)C)N(C)C(=O)[C@@H](NC(=O)[C@@H](N(C)C(=O)OC(C)(C)C)C(C)(C)c1cn(C)c2ccccc12)C(C)(C)C)C(=O)N[C@@H](CCCCNC(=O)OC(C)(C)C)C(=O)OC(C)(C)C. The minimum atomic E-state index is -1.13. The van der Waals surface area contributed by atoms with Crippen molar-refractivity contribution in [3.05, 3.63) is 47.7 Å². The molecule has 0 aliphatic rings. The van der Waals surface area contributed by atoms with Gasteiger partial charge in [-0.2, -0.15) is 0 Å². The Morgan fingerprint density at radius 1 is 0.754 bits per heavy atom. The van der Waals surface area contributed by atoms with Gasteiger partial charge < -0.3 is 39.6 Å². The Balaban J connectivity index is 2.47. The van der Waals surface area contributed by atoms with Gasteiger partial charge in [0.05, 0.1) is 6.04 Å². The largest absolute Gasteiger partial charge is 0.458 e. The number of aromatic nitrogens is 1. The molecule has 2 aromatic rings. The number of likely N-dealkylation sites (N-methyl/N-ethyl adjacent to an activating group) is 2. The summed E-state index contributed by atoms with van der Waals surface area (Å²) in [6.07, 6.45) is 3.70. The quantitative estimate of drug-likeness (QED) is 0.0612. The molecule has 65 heavy (non-hydrogen) atoms. The molecule has 0 spiro atoms. The van der Waals surface area contributed by atoms with Crippen molar-refractivity contribution in [2.24, 2.45) is 18.4 Å². The van der Waals surface area contributed by atoms with Crippen LogP contribution in [0.1, 0.15) is 143 Å². The van der Waals surface area contributed by atoms with Crippen molar-refractivity contribution in [1.29, 1.82) is 0 Å². The Bertz CT molecular complexity index is 2020. The number of unbranched alkanes of at least 4 members (excludes halogenated alkanes) is 1. The second-order valence-corrected chi connectivity index (χ2v) is 22.2. The summed E-state index contributed by atoms with van der Waals surface area (Å²) in [5.74, 6) is -2.22. The maximum Gasteiger partial charge on any atom is 0.410 e. The lowest BCUT2D eigenvalue weighted by atomic mass is 9.76. The molecule has 0 aliphatic heterocycles. The molecular weight excluding hydrogens is 829 g/mol. The molecule has 0 bridgehead atoms. The lowest BCUT2D eigenvalue weighted by Crippen LogP contribution is -2.63. The number of hydrogen-bond donors (Lipinski definition) is 3. The first-order chi connectivity index (χ1) is 29.5. The third kappa shape index (κ3) is 16.7. The third-order valence-corrected chi connectivity index (χ3v) is 10.8. The first-order valence-electron chi connectivity index (χ1n) is 22.7. The molecule has 366 valence electrons. The first-order valence-corrected chi connectivity index (χ1v) is 22.7. The van der Waals surface area contributed by atoms with Gasteiger partial charge in [-0.25, -0.2) is 14.4 Å². The number of amides is 5. The number of carbonyl (C=O) groups is 6. The van der Waals surface area contributed by atoms with E-state index in [1.54, 1.807) is 82.4 Å². The highest BCUT2D eigenvalue weighted by Gasteiger charge is 2.47. The summed E-state index contributed by atoms with van der Waals surface area (Å²) in [4.78, 5) is 85.6. The van der Waals surface area contributed by atoms with Gasteiger partial charge in [0, 0.05) is 55.8 Å². The van der Waals surface area contributed by atoms with Crippen molar-refractivity contribution in [2.45, 2.75) is 183 Å². The van der Waals surface area contributed by atoms with E-state index in [4.69, 9.17) is 14.2 Å². The number of esters is 1. The van der Waals surface area contributed by atoms with Crippen LogP contribution < -0.4 is 16.0 Å². The van der Waals surface area contributed by atoms with Gasteiger partial charge in [0.1, 0.15) is 34.9 Å². The Morgan fingerprint density at radius 3 is 1.83 bits per heavy atom. The van der Waals surface area contributed by atoms with Gasteiger partial charge in [0.2, 0.25) is 17.7 Å². The van der Waals surface area contributed by atoms with Crippen LogP contribution in [0.15, 0.2) is 42.1 Å². The minimum absolute atomic E-state index is 0.182. The van der Waals surface area contributed by atoms with Gasteiger partial charge >= 0.3 is 18.2 Å². The van der Waals surface area contributed by atoms with E-state index in [2.05, 4.69) is 16.0 Å². The number of nitrogens with zero attached hydrogens (tertiary/aromatic N) is 3. The molecular formula is C50H82N6O9. The van der Waals surface area contributed by atoms with Crippen LogP contribution in [-0.2, 0) is 45.9 Å². The monoisotopic (exact) mass is 911 g/mol. The second-order valence-electron chi connectivity index (χ2n) is 22.2. The summed E-state index contributed by atoms with van der Waals surface area (Å²) in [6, 6.07) is 4.07. The first kappa shape index (κ1) is 56.1. The van der Waals surface area contributed by atoms with E-state index in [0.717, 1.165) is 16.5 Å². The van der Waals surface area contributed by atoms with Crippen molar-refractivity contribution in [3.8, 4) is 0 Å². The van der Waals surface area contributed by atoms with E-state index in [1.807, 2.05) is 90.5 Å². The zero-order valence-corrected chi connectivity index (χ0v) is 43.2. The Kier molecular flexibility index (Phi) is 18.9. The van der Waals surface area contributed by atoms with E-state index in [1.165, 1.54) is 16.8 Å². The maximum atomic E-state index is 14.9. The number of para-hydroxylation sites is 1.